The predicted octanol–water partition coefficient (Wildman–Crippen LogP) is 5.90. The second-order valence-electron chi connectivity index (χ2n) is 9.24. The van der Waals surface area contributed by atoms with E-state index in [9.17, 15) is 31.1 Å². The largest absolute Gasteiger partial charge is 0.490 e. The molecular weight excluding hydrogens is 556 g/mol. The number of carboxylic acids is 1. The number of rotatable bonds is 5. The number of aliphatic carboxylic acids is 1. The molecular formula is C27H23F6N5O3. The van der Waals surface area contributed by atoms with E-state index in [2.05, 4.69) is 20.2 Å². The lowest BCUT2D eigenvalue weighted by molar-refractivity contribution is -0.192. The van der Waals surface area contributed by atoms with E-state index < -0.39 is 29.8 Å². The van der Waals surface area contributed by atoms with Crippen molar-refractivity contribution < 1.29 is 41.0 Å². The first-order valence-electron chi connectivity index (χ1n) is 12.2. The molecule has 1 amide bonds. The van der Waals surface area contributed by atoms with Gasteiger partial charge in [0, 0.05) is 31.2 Å². The van der Waals surface area contributed by atoms with Crippen molar-refractivity contribution in [3.63, 3.8) is 0 Å². The van der Waals surface area contributed by atoms with Gasteiger partial charge in [-0.25, -0.2) is 14.8 Å². The lowest BCUT2D eigenvalue weighted by atomic mass is 10.1. The summed E-state index contributed by atoms with van der Waals surface area (Å²) in [6.45, 7) is 4.18. The van der Waals surface area contributed by atoms with E-state index in [0.29, 0.717) is 11.3 Å². The molecule has 4 aromatic rings. The molecule has 1 aliphatic rings. The van der Waals surface area contributed by atoms with Gasteiger partial charge in [0.15, 0.2) is 0 Å². The van der Waals surface area contributed by atoms with Gasteiger partial charge in [-0.2, -0.15) is 26.3 Å². The fourth-order valence-electron chi connectivity index (χ4n) is 3.91. The van der Waals surface area contributed by atoms with Crippen molar-refractivity contribution in [2.24, 2.45) is 0 Å². The van der Waals surface area contributed by atoms with Crippen LogP contribution in [0.4, 0.5) is 37.8 Å². The molecule has 3 aromatic heterocycles. The third-order valence-electron chi connectivity index (χ3n) is 6.18. The number of halogens is 6. The predicted molar refractivity (Wildman–Crippen MR) is 138 cm³/mol. The molecule has 4 heterocycles. The molecule has 0 unspecified atom stereocenters. The lowest BCUT2D eigenvalue weighted by Crippen LogP contribution is -2.37. The SMILES string of the molecule is Cc1ccc(Cn2c(C(=O)Nc3ccc(N4CCC4)nc3)cc3cc(C(F)(F)F)cnc32)cc1.O=C(O)C(F)(F)F. The van der Waals surface area contributed by atoms with Gasteiger partial charge in [-0.15, -0.1) is 0 Å². The summed E-state index contributed by atoms with van der Waals surface area (Å²) in [7, 11) is 0. The molecule has 5 rings (SSSR count). The van der Waals surface area contributed by atoms with Gasteiger partial charge in [-0.05, 0) is 43.2 Å². The maximum atomic E-state index is 13.2. The number of carbonyl (C=O) groups is 2. The van der Waals surface area contributed by atoms with Gasteiger partial charge in [0.2, 0.25) is 0 Å². The number of carboxylic acid groups (broad SMARTS) is 1. The van der Waals surface area contributed by atoms with Crippen molar-refractivity contribution in [2.75, 3.05) is 23.3 Å². The van der Waals surface area contributed by atoms with Crippen LogP contribution in [0.2, 0.25) is 0 Å². The summed E-state index contributed by atoms with van der Waals surface area (Å²) in [6, 6.07) is 13.8. The Morgan fingerprint density at radius 1 is 0.951 bits per heavy atom. The lowest BCUT2D eigenvalue weighted by Gasteiger charge is -2.31. The topological polar surface area (TPSA) is 100 Å². The van der Waals surface area contributed by atoms with E-state index in [0.717, 1.165) is 48.7 Å². The number of carbonyl (C=O) groups excluding carboxylic acids is 1. The number of pyridine rings is 2. The Bertz CT molecular complexity index is 1540. The van der Waals surface area contributed by atoms with Gasteiger partial charge in [-0.1, -0.05) is 29.8 Å². The second kappa shape index (κ2) is 11.5. The molecule has 0 atom stereocenters. The third-order valence-corrected chi connectivity index (χ3v) is 6.18. The van der Waals surface area contributed by atoms with Crippen molar-refractivity contribution in [1.82, 2.24) is 14.5 Å². The second-order valence-corrected chi connectivity index (χ2v) is 9.24. The highest BCUT2D eigenvalue weighted by atomic mass is 19.4. The van der Waals surface area contributed by atoms with E-state index in [4.69, 9.17) is 9.90 Å². The molecule has 1 fully saturated rings. The van der Waals surface area contributed by atoms with Crippen molar-refractivity contribution in [3.8, 4) is 0 Å². The van der Waals surface area contributed by atoms with Crippen LogP contribution in [-0.4, -0.2) is 50.8 Å². The van der Waals surface area contributed by atoms with Crippen molar-refractivity contribution in [2.45, 2.75) is 32.2 Å². The van der Waals surface area contributed by atoms with Crippen LogP contribution in [0.3, 0.4) is 0 Å². The van der Waals surface area contributed by atoms with Gasteiger partial charge in [0.05, 0.1) is 17.4 Å². The number of anilines is 2. The van der Waals surface area contributed by atoms with E-state index in [1.54, 1.807) is 16.8 Å². The number of aryl methyl sites for hydroxylation is 1. The normalized spacial score (nSPS) is 13.3. The van der Waals surface area contributed by atoms with Crippen LogP contribution in [0.5, 0.6) is 0 Å². The number of amides is 1. The smallest absolute Gasteiger partial charge is 0.475 e. The van der Waals surface area contributed by atoms with Crippen molar-refractivity contribution >= 4 is 34.4 Å². The average Bonchev–Trinajstić information content (AvgIpc) is 3.22. The standard InChI is InChI=1S/C25H22F3N5O.C2HF3O2/c1-16-3-5-17(6-4-16)15-33-21(12-18-11-19(25(26,27)28)13-30-23(18)33)24(34)31-20-7-8-22(29-14-20)32-9-2-10-32;3-2(4,5)1(6)7/h3-8,11-14H,2,9-10,15H2,1H3,(H,31,34);(H,6,7). The molecule has 14 heteroatoms. The first-order valence-corrected chi connectivity index (χ1v) is 12.2. The quantitative estimate of drug-likeness (QED) is 0.286. The Kier molecular flexibility index (Phi) is 8.22. The number of nitrogens with one attached hydrogen (secondary N) is 1. The highest BCUT2D eigenvalue weighted by Gasteiger charge is 2.38. The van der Waals surface area contributed by atoms with Crippen molar-refractivity contribution in [3.05, 3.63) is 83.3 Å². The fraction of sp³-hybridized carbons (Fsp3) is 0.259. The van der Waals surface area contributed by atoms with E-state index in [1.165, 1.54) is 6.07 Å². The number of nitrogens with zero attached hydrogens (tertiary/aromatic N) is 4. The number of fused-ring (bicyclic) bond motifs is 1. The average molecular weight is 580 g/mol. The maximum absolute atomic E-state index is 13.2. The van der Waals surface area contributed by atoms with Crippen LogP contribution in [0, 0.1) is 6.92 Å². The summed E-state index contributed by atoms with van der Waals surface area (Å²) in [5.41, 5.74) is 2.16. The summed E-state index contributed by atoms with van der Waals surface area (Å²) in [5.74, 6) is -2.36. The number of benzene rings is 1. The Morgan fingerprint density at radius 2 is 1.61 bits per heavy atom. The molecule has 0 radical (unpaired) electrons. The molecule has 41 heavy (non-hydrogen) atoms. The maximum Gasteiger partial charge on any atom is 0.490 e. The zero-order valence-electron chi connectivity index (χ0n) is 21.4. The Balaban J connectivity index is 0.000000493. The minimum absolute atomic E-state index is 0.217. The van der Waals surface area contributed by atoms with Crippen LogP contribution >= 0.6 is 0 Å². The number of aromatic nitrogens is 3. The summed E-state index contributed by atoms with van der Waals surface area (Å²) < 4.78 is 73.1. The van der Waals surface area contributed by atoms with Crippen molar-refractivity contribution in [1.29, 1.82) is 0 Å². The Morgan fingerprint density at radius 3 is 2.12 bits per heavy atom. The number of hydrogen-bond acceptors (Lipinski definition) is 5. The van der Waals surface area contributed by atoms with Crippen LogP contribution in [0.15, 0.2) is 60.9 Å². The third kappa shape index (κ3) is 7.13. The molecule has 8 nitrogen and oxygen atoms in total. The molecule has 216 valence electrons. The molecule has 0 saturated carbocycles. The fourth-order valence-corrected chi connectivity index (χ4v) is 3.91. The molecule has 1 saturated heterocycles. The molecule has 0 bridgehead atoms. The van der Waals surface area contributed by atoms with Crippen LogP contribution in [0.1, 0.15) is 33.6 Å². The van der Waals surface area contributed by atoms with Gasteiger partial charge >= 0.3 is 18.3 Å². The summed E-state index contributed by atoms with van der Waals surface area (Å²) in [5, 5.41) is 10.2. The van der Waals surface area contributed by atoms with E-state index in [-0.39, 0.29) is 17.6 Å². The first kappa shape index (κ1) is 29.4. The van der Waals surface area contributed by atoms with Gasteiger partial charge < -0.3 is 19.9 Å². The summed E-state index contributed by atoms with van der Waals surface area (Å²) >= 11 is 0. The Hall–Kier alpha value is -4.62. The van der Waals surface area contributed by atoms with Gasteiger partial charge in [-0.3, -0.25) is 4.79 Å². The molecule has 0 spiro atoms. The minimum Gasteiger partial charge on any atom is -0.475 e. The molecule has 0 aliphatic carbocycles. The Labute approximate surface area is 229 Å². The molecule has 2 N–H and O–H groups in total. The zero-order chi connectivity index (χ0) is 29.9. The summed E-state index contributed by atoms with van der Waals surface area (Å²) in [6.07, 6.45) is -6.09. The minimum atomic E-state index is -5.08. The van der Waals surface area contributed by atoms with Gasteiger partial charge in [0.1, 0.15) is 17.2 Å². The number of hydrogen-bond donors (Lipinski definition) is 2. The van der Waals surface area contributed by atoms with E-state index >= 15 is 0 Å². The summed E-state index contributed by atoms with van der Waals surface area (Å²) in [4.78, 5) is 32.7. The first-order chi connectivity index (χ1) is 19.2. The van der Waals surface area contributed by atoms with Crippen LogP contribution in [0.25, 0.3) is 11.0 Å². The van der Waals surface area contributed by atoms with Crippen LogP contribution in [-0.2, 0) is 17.5 Å². The highest BCUT2D eigenvalue weighted by molar-refractivity contribution is 6.06. The molecule has 1 aromatic carbocycles. The highest BCUT2D eigenvalue weighted by Crippen LogP contribution is 2.32. The van der Waals surface area contributed by atoms with Crippen LogP contribution < -0.4 is 10.2 Å². The molecule has 1 aliphatic heterocycles. The monoisotopic (exact) mass is 579 g/mol. The van der Waals surface area contributed by atoms with E-state index in [1.807, 2.05) is 37.3 Å². The zero-order valence-corrected chi connectivity index (χ0v) is 21.4. The number of alkyl halides is 6. The van der Waals surface area contributed by atoms with Gasteiger partial charge in [0.25, 0.3) is 5.91 Å².